The molecule has 0 saturated heterocycles. The molecule has 0 amide bonds. The van der Waals surface area contributed by atoms with Gasteiger partial charge in [-0.1, -0.05) is 62.2 Å². The van der Waals surface area contributed by atoms with Crippen molar-refractivity contribution in [2.45, 2.75) is 42.9 Å². The van der Waals surface area contributed by atoms with Crippen molar-refractivity contribution in [3.63, 3.8) is 0 Å². The van der Waals surface area contributed by atoms with Gasteiger partial charge >= 0.3 is 0 Å². The number of unbranched alkanes of at least 4 members (excludes halogenated alkanes) is 2. The molecule has 0 N–H and O–H groups in total. The van der Waals surface area contributed by atoms with Gasteiger partial charge in [0, 0.05) is 4.90 Å². The summed E-state index contributed by atoms with van der Waals surface area (Å²) in [6, 6.07) is 10.3. The maximum Gasteiger partial charge on any atom is 0.0524 e. The van der Waals surface area contributed by atoms with Crippen LogP contribution in [0.5, 0.6) is 0 Å². The van der Waals surface area contributed by atoms with Gasteiger partial charge in [-0.25, -0.2) is 0 Å². The van der Waals surface area contributed by atoms with Crippen LogP contribution in [0.2, 0.25) is 0 Å². The number of benzene rings is 1. The summed E-state index contributed by atoms with van der Waals surface area (Å²) in [5, 5.41) is 2.28. The highest BCUT2D eigenvalue weighted by atomic mass is 35.5. The molecule has 0 nitrogen and oxygen atoms in total. The molecule has 0 spiro atoms. The lowest BCUT2D eigenvalue weighted by Crippen LogP contribution is -1.92. The first-order valence-electron chi connectivity index (χ1n) is 5.85. The highest BCUT2D eigenvalue weighted by Gasteiger charge is 1.98. The van der Waals surface area contributed by atoms with Gasteiger partial charge in [0.15, 0.2) is 0 Å². The van der Waals surface area contributed by atoms with E-state index in [1.807, 2.05) is 6.07 Å². The number of thioether (sulfide) groups is 1. The molecule has 16 heavy (non-hydrogen) atoms. The molecule has 0 aliphatic carbocycles. The summed E-state index contributed by atoms with van der Waals surface area (Å²) >= 11 is 7.91. The van der Waals surface area contributed by atoms with Gasteiger partial charge in [0.1, 0.15) is 0 Å². The van der Waals surface area contributed by atoms with Gasteiger partial charge in [-0.15, -0.1) is 11.6 Å². The Morgan fingerprint density at radius 2 is 2.00 bits per heavy atom. The summed E-state index contributed by atoms with van der Waals surface area (Å²) in [5.41, 5.74) is 0. The Kier molecular flexibility index (Phi) is 7.45. The van der Waals surface area contributed by atoms with E-state index >= 15 is 0 Å². The Bertz CT molecular complexity index is 295. The molecule has 1 unspecified atom stereocenters. The van der Waals surface area contributed by atoms with Crippen LogP contribution in [0.1, 0.15) is 32.6 Å². The molecule has 0 aliphatic rings. The summed E-state index contributed by atoms with van der Waals surface area (Å²) in [4.78, 5) is 1.26. The van der Waals surface area contributed by atoms with Gasteiger partial charge in [-0.3, -0.25) is 0 Å². The van der Waals surface area contributed by atoms with E-state index in [0.717, 1.165) is 6.42 Å². The van der Waals surface area contributed by atoms with Crippen LogP contribution < -0.4 is 0 Å². The van der Waals surface area contributed by atoms with Crippen LogP contribution in [-0.4, -0.2) is 5.38 Å². The van der Waals surface area contributed by atoms with E-state index in [9.17, 15) is 0 Å². The summed E-state index contributed by atoms with van der Waals surface area (Å²) in [5.74, 6) is 0. The molecule has 0 aromatic heterocycles. The highest BCUT2D eigenvalue weighted by molar-refractivity contribution is 8.02. The standard InChI is InChI=1S/C14H19ClS/c1-2-3-5-8-13(15)11-12-16-14-9-6-4-7-10-14/h4,6-7,9-13H,2-3,5,8H2,1H3/b12-11+. The molecule has 1 atom stereocenters. The second kappa shape index (κ2) is 8.72. The summed E-state index contributed by atoms with van der Waals surface area (Å²) < 4.78 is 0. The number of allylic oxidation sites excluding steroid dienone is 1. The molecule has 1 aromatic rings. The number of rotatable bonds is 7. The van der Waals surface area contributed by atoms with Crippen LogP contribution in [-0.2, 0) is 0 Å². The molecule has 0 radical (unpaired) electrons. The minimum Gasteiger partial charge on any atom is -0.118 e. The fourth-order valence-electron chi connectivity index (χ4n) is 1.39. The third-order valence-corrected chi connectivity index (χ3v) is 3.52. The van der Waals surface area contributed by atoms with Crippen molar-refractivity contribution in [2.75, 3.05) is 0 Å². The fourth-order valence-corrected chi connectivity index (χ4v) is 2.44. The Labute approximate surface area is 108 Å². The molecule has 88 valence electrons. The van der Waals surface area contributed by atoms with Crippen molar-refractivity contribution in [1.82, 2.24) is 0 Å². The minimum absolute atomic E-state index is 0.183. The molecule has 0 bridgehead atoms. The molecule has 0 fully saturated rings. The Morgan fingerprint density at radius 1 is 1.25 bits per heavy atom. The largest absolute Gasteiger partial charge is 0.118 e. The third kappa shape index (κ3) is 6.24. The zero-order valence-corrected chi connectivity index (χ0v) is 11.3. The van der Waals surface area contributed by atoms with Crippen molar-refractivity contribution >= 4 is 23.4 Å². The average molecular weight is 255 g/mol. The molecule has 0 aliphatic heterocycles. The van der Waals surface area contributed by atoms with E-state index in [1.165, 1.54) is 24.2 Å². The number of hydrogen-bond acceptors (Lipinski definition) is 1. The van der Waals surface area contributed by atoms with Gasteiger partial charge in [-0.2, -0.15) is 0 Å². The molecule has 0 heterocycles. The van der Waals surface area contributed by atoms with E-state index in [1.54, 1.807) is 11.8 Å². The van der Waals surface area contributed by atoms with E-state index < -0.39 is 0 Å². The summed E-state index contributed by atoms with van der Waals surface area (Å²) in [6.45, 7) is 2.21. The van der Waals surface area contributed by atoms with Crippen molar-refractivity contribution in [3.8, 4) is 0 Å². The fraction of sp³-hybridized carbons (Fsp3) is 0.429. The Hall–Kier alpha value is -0.400. The zero-order valence-electron chi connectivity index (χ0n) is 9.73. The molecule has 1 rings (SSSR count). The van der Waals surface area contributed by atoms with Crippen LogP contribution >= 0.6 is 23.4 Å². The van der Waals surface area contributed by atoms with Gasteiger partial charge in [0.05, 0.1) is 5.38 Å². The second-order valence-electron chi connectivity index (χ2n) is 3.77. The van der Waals surface area contributed by atoms with E-state index in [-0.39, 0.29) is 5.38 Å². The van der Waals surface area contributed by atoms with Gasteiger partial charge in [-0.05, 0) is 24.0 Å². The SMILES string of the molecule is CCCCCC(Cl)/C=C/Sc1ccccc1. The summed E-state index contributed by atoms with van der Waals surface area (Å²) in [7, 11) is 0. The lowest BCUT2D eigenvalue weighted by atomic mass is 10.1. The van der Waals surface area contributed by atoms with Crippen molar-refractivity contribution in [2.24, 2.45) is 0 Å². The maximum absolute atomic E-state index is 6.18. The van der Waals surface area contributed by atoms with E-state index in [0.29, 0.717) is 0 Å². The van der Waals surface area contributed by atoms with E-state index in [4.69, 9.17) is 11.6 Å². The topological polar surface area (TPSA) is 0 Å². The van der Waals surface area contributed by atoms with Crippen LogP contribution in [0.4, 0.5) is 0 Å². The van der Waals surface area contributed by atoms with Crippen molar-refractivity contribution < 1.29 is 0 Å². The van der Waals surface area contributed by atoms with Crippen LogP contribution in [0.3, 0.4) is 0 Å². The maximum atomic E-state index is 6.18. The van der Waals surface area contributed by atoms with Gasteiger partial charge < -0.3 is 0 Å². The Morgan fingerprint density at radius 3 is 2.69 bits per heavy atom. The van der Waals surface area contributed by atoms with Gasteiger partial charge in [0.2, 0.25) is 0 Å². The molecule has 0 saturated carbocycles. The van der Waals surface area contributed by atoms with Crippen molar-refractivity contribution in [3.05, 3.63) is 41.8 Å². The molecule has 2 heteroatoms. The lowest BCUT2D eigenvalue weighted by molar-refractivity contribution is 0.678. The third-order valence-electron chi connectivity index (χ3n) is 2.32. The zero-order chi connectivity index (χ0) is 11.6. The minimum atomic E-state index is 0.183. The Balaban J connectivity index is 2.21. The predicted molar refractivity (Wildman–Crippen MR) is 75.2 cm³/mol. The van der Waals surface area contributed by atoms with Crippen molar-refractivity contribution in [1.29, 1.82) is 0 Å². The molecular formula is C14H19ClS. The summed E-state index contributed by atoms with van der Waals surface area (Å²) in [6.07, 6.45) is 6.94. The normalized spacial score (nSPS) is 13.1. The second-order valence-corrected chi connectivity index (χ2v) is 5.31. The van der Waals surface area contributed by atoms with Gasteiger partial charge in [0.25, 0.3) is 0 Å². The first kappa shape index (κ1) is 13.7. The number of hydrogen-bond donors (Lipinski definition) is 0. The van der Waals surface area contributed by atoms with Crippen LogP contribution in [0.15, 0.2) is 46.7 Å². The molecule has 1 aromatic carbocycles. The molecular weight excluding hydrogens is 236 g/mol. The first-order valence-corrected chi connectivity index (χ1v) is 7.17. The smallest absolute Gasteiger partial charge is 0.0524 e. The monoisotopic (exact) mass is 254 g/mol. The van der Waals surface area contributed by atoms with Crippen LogP contribution in [0.25, 0.3) is 0 Å². The highest BCUT2D eigenvalue weighted by Crippen LogP contribution is 2.20. The average Bonchev–Trinajstić information content (AvgIpc) is 2.31. The quantitative estimate of drug-likeness (QED) is 0.353. The first-order chi connectivity index (χ1) is 7.83. The van der Waals surface area contributed by atoms with Crippen LogP contribution in [0, 0.1) is 0 Å². The number of halogens is 1. The lowest BCUT2D eigenvalue weighted by Gasteiger charge is -2.02. The number of alkyl halides is 1. The predicted octanol–water partition coefficient (Wildman–Crippen LogP) is 5.48. The van der Waals surface area contributed by atoms with E-state index in [2.05, 4.69) is 42.7 Å².